The highest BCUT2D eigenvalue weighted by Crippen LogP contribution is 2.09. The van der Waals surface area contributed by atoms with Gasteiger partial charge >= 0.3 is 0 Å². The van der Waals surface area contributed by atoms with Crippen molar-refractivity contribution in [1.29, 1.82) is 0 Å². The summed E-state index contributed by atoms with van der Waals surface area (Å²) in [7, 11) is 0. The summed E-state index contributed by atoms with van der Waals surface area (Å²) in [6, 6.07) is 0. The average Bonchev–Trinajstić information content (AvgIpc) is 2.51. The fourth-order valence-corrected chi connectivity index (χ4v) is 2.00. The predicted octanol–water partition coefficient (Wildman–Crippen LogP) is 5.39. The molecule has 3 heteroatoms. The van der Waals surface area contributed by atoms with Crippen molar-refractivity contribution in [2.24, 2.45) is 5.73 Å². The molecule has 0 aromatic rings. The van der Waals surface area contributed by atoms with Gasteiger partial charge < -0.3 is 11.1 Å². The molecule has 0 atom stereocenters. The molecule has 0 saturated carbocycles. The van der Waals surface area contributed by atoms with Gasteiger partial charge in [-0.2, -0.15) is 0 Å². The summed E-state index contributed by atoms with van der Waals surface area (Å²) < 4.78 is 0. The molecule has 0 heterocycles. The standard InChI is InChI=1S/C18H30N2S.C2H2/c1-4-5-6-7-8-10-13-16(2)14-11-9-12-15-17(3)20-18(19)21;1-2/h5-6,8,10,14H,3-4,7,9,11-13,15H2,1-2H3,(H3,19,20,21);1-2H/b6-5-,10-8-,16-14+;. The Kier molecular flexibility index (Phi) is 18.6. The van der Waals surface area contributed by atoms with E-state index < -0.39 is 0 Å². The van der Waals surface area contributed by atoms with E-state index in [1.165, 1.54) is 12.0 Å². The van der Waals surface area contributed by atoms with E-state index in [1.54, 1.807) is 0 Å². The maximum absolute atomic E-state index is 5.39. The quantitative estimate of drug-likeness (QED) is 0.230. The molecule has 3 N–H and O–H groups in total. The lowest BCUT2D eigenvalue weighted by atomic mass is 10.1. The lowest BCUT2D eigenvalue weighted by molar-refractivity contribution is 0.725. The SMILES string of the molecule is C#C.C=C(CCCC/C=C(\C)C/C=C\C/C=C\CC)NC(N)=S. The van der Waals surface area contributed by atoms with E-state index in [0.29, 0.717) is 5.11 Å². The molecule has 23 heavy (non-hydrogen) atoms. The molecule has 0 aromatic heterocycles. The molecule has 0 spiro atoms. The Balaban J connectivity index is 0. The van der Waals surface area contributed by atoms with E-state index in [-0.39, 0.29) is 0 Å². The Morgan fingerprint density at radius 1 is 1.17 bits per heavy atom. The number of terminal acetylenes is 1. The van der Waals surface area contributed by atoms with Gasteiger partial charge in [0.15, 0.2) is 5.11 Å². The minimum absolute atomic E-state index is 0.302. The van der Waals surface area contributed by atoms with Gasteiger partial charge in [-0.05, 0) is 64.1 Å². The zero-order valence-electron chi connectivity index (χ0n) is 14.7. The topological polar surface area (TPSA) is 38.0 Å². The second-order valence-electron chi connectivity index (χ2n) is 5.18. The normalized spacial score (nSPS) is 11.2. The first-order valence-electron chi connectivity index (χ1n) is 8.09. The van der Waals surface area contributed by atoms with Crippen LogP contribution in [0.15, 0.2) is 48.2 Å². The first-order chi connectivity index (χ1) is 11.1. The summed E-state index contributed by atoms with van der Waals surface area (Å²) in [5, 5.41) is 3.18. The van der Waals surface area contributed by atoms with Gasteiger partial charge in [0.2, 0.25) is 0 Å². The number of rotatable bonds is 11. The van der Waals surface area contributed by atoms with E-state index in [0.717, 1.165) is 44.2 Å². The summed E-state index contributed by atoms with van der Waals surface area (Å²) >= 11 is 4.77. The highest BCUT2D eigenvalue weighted by molar-refractivity contribution is 7.80. The number of thiocarbonyl (C=S) groups is 1. The first kappa shape index (κ1) is 23.5. The minimum Gasteiger partial charge on any atom is -0.376 e. The first-order valence-corrected chi connectivity index (χ1v) is 8.50. The van der Waals surface area contributed by atoms with Gasteiger partial charge in [0.05, 0.1) is 0 Å². The summed E-state index contributed by atoms with van der Waals surface area (Å²) in [5.41, 5.74) is 7.73. The summed E-state index contributed by atoms with van der Waals surface area (Å²) in [6.07, 6.45) is 26.7. The lowest BCUT2D eigenvalue weighted by Gasteiger charge is -2.06. The molecule has 0 rings (SSSR count). The highest BCUT2D eigenvalue weighted by atomic mass is 32.1. The van der Waals surface area contributed by atoms with Crippen molar-refractivity contribution in [3.63, 3.8) is 0 Å². The van der Waals surface area contributed by atoms with Gasteiger partial charge in [-0.1, -0.05) is 49.5 Å². The zero-order valence-corrected chi connectivity index (χ0v) is 15.5. The predicted molar refractivity (Wildman–Crippen MR) is 109 cm³/mol. The lowest BCUT2D eigenvalue weighted by Crippen LogP contribution is -2.27. The molecule has 0 aliphatic rings. The van der Waals surface area contributed by atoms with Crippen molar-refractivity contribution in [3.8, 4) is 12.8 Å². The van der Waals surface area contributed by atoms with Crippen LogP contribution in [0.25, 0.3) is 0 Å². The highest BCUT2D eigenvalue weighted by Gasteiger charge is 1.95. The number of nitrogens with two attached hydrogens (primary N) is 1. The third-order valence-electron chi connectivity index (χ3n) is 3.01. The molecule has 0 radical (unpaired) electrons. The average molecular weight is 333 g/mol. The molecule has 128 valence electrons. The second-order valence-corrected chi connectivity index (χ2v) is 5.62. The van der Waals surface area contributed by atoms with Crippen LogP contribution >= 0.6 is 12.2 Å². The van der Waals surface area contributed by atoms with Crippen LogP contribution in [-0.4, -0.2) is 5.11 Å². The van der Waals surface area contributed by atoms with Gasteiger partial charge in [0, 0.05) is 5.70 Å². The molecular weight excluding hydrogens is 300 g/mol. The maximum atomic E-state index is 5.39. The van der Waals surface area contributed by atoms with Crippen LogP contribution in [0.2, 0.25) is 0 Å². The monoisotopic (exact) mass is 332 g/mol. The molecule has 0 aromatic carbocycles. The number of nitrogens with one attached hydrogen (secondary N) is 1. The maximum Gasteiger partial charge on any atom is 0.167 e. The molecule has 0 fully saturated rings. The van der Waals surface area contributed by atoms with Crippen molar-refractivity contribution in [2.45, 2.75) is 58.8 Å². The Bertz CT molecular complexity index is 428. The van der Waals surface area contributed by atoms with E-state index in [2.05, 4.69) is 69.0 Å². The Morgan fingerprint density at radius 2 is 1.83 bits per heavy atom. The van der Waals surface area contributed by atoms with Gasteiger partial charge in [0.1, 0.15) is 0 Å². The van der Waals surface area contributed by atoms with E-state index >= 15 is 0 Å². The number of hydrogen-bond donors (Lipinski definition) is 2. The van der Waals surface area contributed by atoms with Gasteiger partial charge in [-0.25, -0.2) is 0 Å². The molecular formula is C20H32N2S. The largest absolute Gasteiger partial charge is 0.376 e. The molecule has 0 amide bonds. The zero-order chi connectivity index (χ0) is 17.9. The van der Waals surface area contributed by atoms with Crippen LogP contribution in [0, 0.1) is 12.8 Å². The molecule has 0 bridgehead atoms. The Hall–Kier alpha value is -1.79. The van der Waals surface area contributed by atoms with Crippen molar-refractivity contribution >= 4 is 17.3 Å². The van der Waals surface area contributed by atoms with E-state index in [9.17, 15) is 0 Å². The van der Waals surface area contributed by atoms with Gasteiger partial charge in [0.25, 0.3) is 0 Å². The second kappa shape index (κ2) is 18.3. The Labute approximate surface area is 148 Å². The molecule has 0 aliphatic carbocycles. The van der Waals surface area contributed by atoms with Gasteiger partial charge in [-0.15, -0.1) is 12.8 Å². The molecule has 2 nitrogen and oxygen atoms in total. The van der Waals surface area contributed by atoms with Crippen LogP contribution in [0.1, 0.15) is 58.8 Å². The van der Waals surface area contributed by atoms with Crippen molar-refractivity contribution < 1.29 is 0 Å². The fraction of sp³-hybridized carbons (Fsp3) is 0.450. The van der Waals surface area contributed by atoms with Crippen LogP contribution in [0.3, 0.4) is 0 Å². The van der Waals surface area contributed by atoms with Crippen molar-refractivity contribution in [1.82, 2.24) is 5.32 Å². The van der Waals surface area contributed by atoms with Crippen LogP contribution < -0.4 is 11.1 Å². The van der Waals surface area contributed by atoms with Crippen LogP contribution in [-0.2, 0) is 0 Å². The smallest absolute Gasteiger partial charge is 0.167 e. The summed E-state index contributed by atoms with van der Waals surface area (Å²) in [6.45, 7) is 8.24. The van der Waals surface area contributed by atoms with Crippen LogP contribution in [0.5, 0.6) is 0 Å². The third-order valence-corrected chi connectivity index (χ3v) is 3.11. The summed E-state index contributed by atoms with van der Waals surface area (Å²) in [4.78, 5) is 0. The Morgan fingerprint density at radius 3 is 2.43 bits per heavy atom. The number of allylic oxidation sites excluding steroid dienone is 7. The minimum atomic E-state index is 0.302. The van der Waals surface area contributed by atoms with E-state index in [4.69, 9.17) is 18.0 Å². The number of hydrogen-bond acceptors (Lipinski definition) is 1. The number of unbranched alkanes of at least 4 members (excludes halogenated alkanes) is 2. The van der Waals surface area contributed by atoms with Crippen molar-refractivity contribution in [2.75, 3.05) is 0 Å². The molecule has 0 saturated heterocycles. The van der Waals surface area contributed by atoms with Crippen molar-refractivity contribution in [3.05, 3.63) is 48.2 Å². The molecule has 0 unspecified atom stereocenters. The fourth-order valence-electron chi connectivity index (χ4n) is 1.86. The van der Waals surface area contributed by atoms with E-state index in [1.807, 2.05) is 0 Å². The molecule has 0 aliphatic heterocycles. The summed E-state index contributed by atoms with van der Waals surface area (Å²) in [5.74, 6) is 0. The van der Waals surface area contributed by atoms with Gasteiger partial charge in [-0.3, -0.25) is 0 Å². The third kappa shape index (κ3) is 20.2. The van der Waals surface area contributed by atoms with Crippen LogP contribution in [0.4, 0.5) is 0 Å².